The molecule has 2 heteroatoms. The normalized spacial score (nSPS) is 26.8. The summed E-state index contributed by atoms with van der Waals surface area (Å²) >= 11 is 0. The molecule has 2 aromatic rings. The standard InChI is InChI=1S/C18H16FN/c19-13-9-10-17-16(11-13)14-7-4-8-15(14)18(20-17)12-5-2-1-3-6-12/h1-7,9-11,14-15,18,20H,8H2/t14-,15-,18+/m1/s1. The highest BCUT2D eigenvalue weighted by molar-refractivity contribution is 5.59. The van der Waals surface area contributed by atoms with Crippen molar-refractivity contribution >= 4 is 5.69 Å². The molecule has 0 radical (unpaired) electrons. The average Bonchev–Trinajstić information content (AvgIpc) is 2.97. The average molecular weight is 265 g/mol. The third-order valence-electron chi connectivity index (χ3n) is 4.48. The number of benzene rings is 2. The van der Waals surface area contributed by atoms with Crippen LogP contribution in [0.1, 0.15) is 29.5 Å². The molecular formula is C18H16FN. The summed E-state index contributed by atoms with van der Waals surface area (Å²) in [5.41, 5.74) is 3.46. The van der Waals surface area contributed by atoms with Crippen LogP contribution in [-0.2, 0) is 0 Å². The van der Waals surface area contributed by atoms with Gasteiger partial charge in [0.05, 0.1) is 6.04 Å². The maximum atomic E-state index is 13.5. The van der Waals surface area contributed by atoms with E-state index in [0.717, 1.165) is 17.7 Å². The molecular weight excluding hydrogens is 249 g/mol. The minimum Gasteiger partial charge on any atom is -0.378 e. The van der Waals surface area contributed by atoms with E-state index in [0.29, 0.717) is 17.9 Å². The molecule has 0 unspecified atom stereocenters. The van der Waals surface area contributed by atoms with Gasteiger partial charge in [-0.25, -0.2) is 4.39 Å². The van der Waals surface area contributed by atoms with Crippen molar-refractivity contribution in [2.75, 3.05) is 5.32 Å². The monoisotopic (exact) mass is 265 g/mol. The highest BCUT2D eigenvalue weighted by Gasteiger charge is 2.37. The maximum absolute atomic E-state index is 13.5. The number of rotatable bonds is 1. The summed E-state index contributed by atoms with van der Waals surface area (Å²) in [4.78, 5) is 0. The highest BCUT2D eigenvalue weighted by Crippen LogP contribution is 2.49. The van der Waals surface area contributed by atoms with Gasteiger partial charge in [0.2, 0.25) is 0 Å². The molecule has 1 nitrogen and oxygen atoms in total. The first-order chi connectivity index (χ1) is 9.83. The number of hydrogen-bond donors (Lipinski definition) is 1. The first-order valence-electron chi connectivity index (χ1n) is 7.10. The van der Waals surface area contributed by atoms with Crippen LogP contribution in [0.2, 0.25) is 0 Å². The Balaban J connectivity index is 1.80. The fourth-order valence-electron chi connectivity index (χ4n) is 3.56. The summed E-state index contributed by atoms with van der Waals surface area (Å²) < 4.78 is 13.5. The predicted octanol–water partition coefficient (Wildman–Crippen LogP) is 4.65. The van der Waals surface area contributed by atoms with Crippen LogP contribution in [0.4, 0.5) is 10.1 Å². The summed E-state index contributed by atoms with van der Waals surface area (Å²) in [6.45, 7) is 0. The molecule has 100 valence electrons. The molecule has 4 rings (SSSR count). The topological polar surface area (TPSA) is 12.0 Å². The van der Waals surface area contributed by atoms with E-state index in [1.807, 2.05) is 12.1 Å². The number of halogens is 1. The van der Waals surface area contributed by atoms with Crippen LogP contribution in [-0.4, -0.2) is 0 Å². The van der Waals surface area contributed by atoms with Gasteiger partial charge in [0, 0.05) is 11.6 Å². The van der Waals surface area contributed by atoms with Crippen molar-refractivity contribution in [1.29, 1.82) is 0 Å². The van der Waals surface area contributed by atoms with Gasteiger partial charge in [0.1, 0.15) is 5.82 Å². The number of fused-ring (bicyclic) bond motifs is 3. The Morgan fingerprint density at radius 1 is 1.05 bits per heavy atom. The van der Waals surface area contributed by atoms with Gasteiger partial charge >= 0.3 is 0 Å². The van der Waals surface area contributed by atoms with E-state index in [2.05, 4.69) is 41.7 Å². The van der Waals surface area contributed by atoms with Gasteiger partial charge < -0.3 is 5.32 Å². The van der Waals surface area contributed by atoms with Crippen molar-refractivity contribution < 1.29 is 4.39 Å². The number of anilines is 1. The van der Waals surface area contributed by atoms with Gasteiger partial charge in [-0.05, 0) is 41.7 Å². The van der Waals surface area contributed by atoms with Crippen LogP contribution in [0.3, 0.4) is 0 Å². The summed E-state index contributed by atoms with van der Waals surface area (Å²) in [6.07, 6.45) is 5.51. The van der Waals surface area contributed by atoms with E-state index in [-0.39, 0.29) is 5.82 Å². The van der Waals surface area contributed by atoms with Crippen LogP contribution < -0.4 is 5.32 Å². The van der Waals surface area contributed by atoms with Gasteiger partial charge in [0.15, 0.2) is 0 Å². The zero-order chi connectivity index (χ0) is 13.5. The Morgan fingerprint density at radius 3 is 2.75 bits per heavy atom. The first kappa shape index (κ1) is 11.7. The van der Waals surface area contributed by atoms with E-state index < -0.39 is 0 Å². The van der Waals surface area contributed by atoms with E-state index in [4.69, 9.17) is 0 Å². The lowest BCUT2D eigenvalue weighted by Crippen LogP contribution is -2.29. The minimum absolute atomic E-state index is 0.150. The zero-order valence-electron chi connectivity index (χ0n) is 11.1. The molecule has 0 aromatic heterocycles. The zero-order valence-corrected chi connectivity index (χ0v) is 11.1. The maximum Gasteiger partial charge on any atom is 0.123 e. The predicted molar refractivity (Wildman–Crippen MR) is 79.2 cm³/mol. The Labute approximate surface area is 118 Å². The molecule has 1 heterocycles. The third-order valence-corrected chi connectivity index (χ3v) is 4.48. The van der Waals surface area contributed by atoms with Crippen LogP contribution in [0.5, 0.6) is 0 Å². The smallest absolute Gasteiger partial charge is 0.123 e. The molecule has 0 saturated carbocycles. The summed E-state index contributed by atoms with van der Waals surface area (Å²) in [5.74, 6) is 0.654. The molecule has 0 saturated heterocycles. The van der Waals surface area contributed by atoms with Crippen molar-refractivity contribution in [3.63, 3.8) is 0 Å². The van der Waals surface area contributed by atoms with Crippen LogP contribution in [0.15, 0.2) is 60.7 Å². The third kappa shape index (κ3) is 1.75. The molecule has 0 spiro atoms. The molecule has 3 atom stereocenters. The SMILES string of the molecule is Fc1ccc2c(c1)[C@@H]1C=CC[C@H]1[C@H](c1ccccc1)N2. The van der Waals surface area contributed by atoms with Gasteiger partial charge in [-0.3, -0.25) is 0 Å². The molecule has 0 fully saturated rings. The van der Waals surface area contributed by atoms with Crippen molar-refractivity contribution in [2.24, 2.45) is 5.92 Å². The molecule has 0 amide bonds. The summed E-state index contributed by atoms with van der Waals surface area (Å²) in [7, 11) is 0. The Morgan fingerprint density at radius 2 is 1.90 bits per heavy atom. The molecule has 1 aliphatic carbocycles. The van der Waals surface area contributed by atoms with Crippen molar-refractivity contribution in [1.82, 2.24) is 0 Å². The highest BCUT2D eigenvalue weighted by atomic mass is 19.1. The quantitative estimate of drug-likeness (QED) is 0.740. The molecule has 20 heavy (non-hydrogen) atoms. The van der Waals surface area contributed by atoms with Gasteiger partial charge in [0.25, 0.3) is 0 Å². The summed E-state index contributed by atoms with van der Waals surface area (Å²) in [5, 5.41) is 3.61. The second kappa shape index (κ2) is 4.48. The molecule has 2 aliphatic rings. The fourth-order valence-corrected chi connectivity index (χ4v) is 3.56. The second-order valence-corrected chi connectivity index (χ2v) is 5.62. The van der Waals surface area contributed by atoms with E-state index in [1.165, 1.54) is 11.6 Å². The Kier molecular flexibility index (Phi) is 2.62. The second-order valence-electron chi connectivity index (χ2n) is 5.62. The van der Waals surface area contributed by atoms with Crippen molar-refractivity contribution in [2.45, 2.75) is 18.4 Å². The van der Waals surface area contributed by atoms with E-state index in [1.54, 1.807) is 6.07 Å². The number of allylic oxidation sites excluding steroid dienone is 2. The van der Waals surface area contributed by atoms with Gasteiger partial charge in [-0.15, -0.1) is 0 Å². The first-order valence-corrected chi connectivity index (χ1v) is 7.10. The lowest BCUT2D eigenvalue weighted by atomic mass is 9.77. The largest absolute Gasteiger partial charge is 0.378 e. The molecule has 2 aromatic carbocycles. The van der Waals surface area contributed by atoms with Crippen LogP contribution >= 0.6 is 0 Å². The Bertz CT molecular complexity index is 662. The Hall–Kier alpha value is -2.09. The van der Waals surface area contributed by atoms with Crippen LogP contribution in [0.25, 0.3) is 0 Å². The van der Waals surface area contributed by atoms with Crippen LogP contribution in [0, 0.1) is 11.7 Å². The lowest BCUT2D eigenvalue weighted by molar-refractivity contribution is 0.424. The fraction of sp³-hybridized carbons (Fsp3) is 0.222. The minimum atomic E-state index is -0.150. The molecule has 1 N–H and O–H groups in total. The van der Waals surface area contributed by atoms with E-state index in [9.17, 15) is 4.39 Å². The number of nitrogens with one attached hydrogen (secondary N) is 1. The lowest BCUT2D eigenvalue weighted by Gasteiger charge is -2.37. The molecule has 0 bridgehead atoms. The van der Waals surface area contributed by atoms with Crippen molar-refractivity contribution in [3.8, 4) is 0 Å². The molecule has 1 aliphatic heterocycles. The van der Waals surface area contributed by atoms with Crippen molar-refractivity contribution in [3.05, 3.63) is 77.6 Å². The summed E-state index contributed by atoms with van der Waals surface area (Å²) in [6, 6.07) is 15.9. The van der Waals surface area contributed by atoms with Gasteiger partial charge in [-0.2, -0.15) is 0 Å². The van der Waals surface area contributed by atoms with E-state index >= 15 is 0 Å². The van der Waals surface area contributed by atoms with Gasteiger partial charge in [-0.1, -0.05) is 42.5 Å². The number of hydrogen-bond acceptors (Lipinski definition) is 1.